The number of benzene rings is 1. The second-order valence-electron chi connectivity index (χ2n) is 5.41. The summed E-state index contributed by atoms with van der Waals surface area (Å²) in [6.45, 7) is 0. The normalized spacial score (nSPS) is 32.6. The maximum Gasteiger partial charge on any atom is 0.169 e. The molecule has 1 saturated carbocycles. The molecule has 3 heteroatoms. The van der Waals surface area contributed by atoms with Crippen LogP contribution < -0.4 is 4.74 Å². The van der Waals surface area contributed by atoms with Crippen LogP contribution in [0.1, 0.15) is 24.8 Å². The summed E-state index contributed by atoms with van der Waals surface area (Å²) in [4.78, 5) is 12.3. The molecule has 100 valence electrons. The van der Waals surface area contributed by atoms with Crippen molar-refractivity contribution in [1.82, 2.24) is 0 Å². The maximum absolute atomic E-state index is 12.3. The zero-order valence-electron chi connectivity index (χ0n) is 11.3. The van der Waals surface area contributed by atoms with Gasteiger partial charge in [-0.2, -0.15) is 0 Å². The molecule has 4 rings (SSSR count). The van der Waals surface area contributed by atoms with Gasteiger partial charge in [0.15, 0.2) is 5.78 Å². The summed E-state index contributed by atoms with van der Waals surface area (Å²) in [6.07, 6.45) is 6.36. The van der Waals surface area contributed by atoms with Gasteiger partial charge >= 0.3 is 0 Å². The van der Waals surface area contributed by atoms with Crippen LogP contribution >= 0.6 is 0 Å². The molecule has 0 heterocycles. The van der Waals surface area contributed by atoms with E-state index in [0.717, 1.165) is 18.6 Å². The van der Waals surface area contributed by atoms with Crippen molar-refractivity contribution in [3.63, 3.8) is 0 Å². The van der Waals surface area contributed by atoms with E-state index in [1.165, 1.54) is 5.56 Å². The number of ether oxygens (including phenoxy) is 2. The Morgan fingerprint density at radius 1 is 1.05 bits per heavy atom. The van der Waals surface area contributed by atoms with Gasteiger partial charge < -0.3 is 9.47 Å². The van der Waals surface area contributed by atoms with Crippen LogP contribution in [0.2, 0.25) is 0 Å². The highest BCUT2D eigenvalue weighted by Crippen LogP contribution is 2.48. The summed E-state index contributed by atoms with van der Waals surface area (Å²) in [5, 5.41) is 0. The van der Waals surface area contributed by atoms with Gasteiger partial charge in [0.05, 0.1) is 7.11 Å². The Bertz CT molecular complexity index is 531. The number of Topliss-reactive ketones (excluding diaryl/α,β-unsaturated/α-hetero) is 1. The van der Waals surface area contributed by atoms with Gasteiger partial charge in [-0.25, -0.2) is 0 Å². The van der Waals surface area contributed by atoms with Crippen LogP contribution in [0.25, 0.3) is 0 Å². The Balaban J connectivity index is 1.99. The van der Waals surface area contributed by atoms with E-state index >= 15 is 0 Å². The van der Waals surface area contributed by atoms with E-state index in [0.29, 0.717) is 6.42 Å². The van der Waals surface area contributed by atoms with Crippen molar-refractivity contribution in [2.75, 3.05) is 14.2 Å². The van der Waals surface area contributed by atoms with Crippen molar-refractivity contribution < 1.29 is 14.3 Å². The van der Waals surface area contributed by atoms with Gasteiger partial charge in [0.2, 0.25) is 0 Å². The molecule has 0 aliphatic heterocycles. The lowest BCUT2D eigenvalue weighted by Gasteiger charge is -2.47. The van der Waals surface area contributed by atoms with Gasteiger partial charge in [-0.3, -0.25) is 4.79 Å². The minimum Gasteiger partial charge on any atom is -0.497 e. The molecule has 3 nitrogen and oxygen atoms in total. The number of ketones is 1. The van der Waals surface area contributed by atoms with E-state index in [4.69, 9.17) is 9.47 Å². The molecule has 0 radical (unpaired) electrons. The Hall–Kier alpha value is -1.61. The fourth-order valence-electron chi connectivity index (χ4n) is 3.23. The summed E-state index contributed by atoms with van der Waals surface area (Å²) in [6, 6.07) is 8.02. The molecule has 0 spiro atoms. The highest BCUT2D eigenvalue weighted by molar-refractivity contribution is 5.93. The first-order chi connectivity index (χ1) is 9.14. The van der Waals surface area contributed by atoms with Gasteiger partial charge in [-0.15, -0.1) is 0 Å². The Morgan fingerprint density at radius 2 is 1.79 bits per heavy atom. The van der Waals surface area contributed by atoms with Crippen LogP contribution in [0.15, 0.2) is 36.4 Å². The summed E-state index contributed by atoms with van der Waals surface area (Å²) in [5.41, 5.74) is 0.375. The van der Waals surface area contributed by atoms with Crippen LogP contribution in [-0.2, 0) is 14.9 Å². The largest absolute Gasteiger partial charge is 0.497 e. The number of rotatable bonds is 3. The lowest BCUT2D eigenvalue weighted by Crippen LogP contribution is -2.52. The average Bonchev–Trinajstić information content (AvgIpc) is 2.48. The Kier molecular flexibility index (Phi) is 2.75. The summed E-state index contributed by atoms with van der Waals surface area (Å²) in [5.74, 6) is 1.04. The fourth-order valence-corrected chi connectivity index (χ4v) is 3.23. The molecule has 3 aliphatic rings. The van der Waals surface area contributed by atoms with Gasteiger partial charge in [-0.1, -0.05) is 18.2 Å². The topological polar surface area (TPSA) is 35.5 Å². The number of hydrogen-bond donors (Lipinski definition) is 0. The Morgan fingerprint density at radius 3 is 2.26 bits per heavy atom. The fraction of sp³-hybridized carbons (Fsp3) is 0.438. The number of allylic oxidation sites excluding steroid dienone is 1. The summed E-state index contributed by atoms with van der Waals surface area (Å²) < 4.78 is 10.6. The smallest absolute Gasteiger partial charge is 0.169 e. The number of methoxy groups -OCH3 is 2. The molecule has 1 aromatic rings. The van der Waals surface area contributed by atoms with Crippen molar-refractivity contribution in [3.05, 3.63) is 42.0 Å². The molecule has 1 fully saturated rings. The first-order valence-corrected chi connectivity index (χ1v) is 6.58. The summed E-state index contributed by atoms with van der Waals surface area (Å²) >= 11 is 0. The third kappa shape index (κ3) is 1.72. The van der Waals surface area contributed by atoms with E-state index in [1.807, 2.05) is 18.2 Å². The van der Waals surface area contributed by atoms with Crippen molar-refractivity contribution in [3.8, 4) is 5.75 Å². The van der Waals surface area contributed by atoms with Crippen LogP contribution in [-0.4, -0.2) is 25.6 Å². The standard InChI is InChI=1S/C16H18O3/c1-18-13-5-3-12(4-6-13)15-7-9-16(19-2,10-8-15)14(17)11-15/h3-7,9H,8,10-11H2,1-2H3. The van der Waals surface area contributed by atoms with Gasteiger partial charge in [0.1, 0.15) is 11.4 Å². The number of fused-ring (bicyclic) bond motifs is 2. The van der Waals surface area contributed by atoms with E-state index in [-0.39, 0.29) is 11.2 Å². The number of hydrogen-bond acceptors (Lipinski definition) is 3. The predicted molar refractivity (Wildman–Crippen MR) is 72.4 cm³/mol. The van der Waals surface area contributed by atoms with Crippen LogP contribution in [0, 0.1) is 0 Å². The minimum atomic E-state index is -0.659. The van der Waals surface area contributed by atoms with Crippen molar-refractivity contribution in [2.45, 2.75) is 30.3 Å². The highest BCUT2D eigenvalue weighted by atomic mass is 16.5. The lowest BCUT2D eigenvalue weighted by atomic mass is 9.60. The molecule has 2 unspecified atom stereocenters. The van der Waals surface area contributed by atoms with Crippen LogP contribution in [0.4, 0.5) is 0 Å². The molecular weight excluding hydrogens is 240 g/mol. The molecule has 3 aliphatic carbocycles. The summed E-state index contributed by atoms with van der Waals surface area (Å²) in [7, 11) is 3.28. The van der Waals surface area contributed by atoms with Gasteiger partial charge in [0, 0.05) is 18.9 Å². The van der Waals surface area contributed by atoms with E-state index < -0.39 is 5.60 Å². The lowest BCUT2D eigenvalue weighted by molar-refractivity contribution is -0.142. The van der Waals surface area contributed by atoms with Gasteiger partial charge in [0.25, 0.3) is 0 Å². The molecule has 0 aromatic heterocycles. The first-order valence-electron chi connectivity index (χ1n) is 6.58. The quantitative estimate of drug-likeness (QED) is 0.782. The second kappa shape index (κ2) is 4.20. The molecule has 1 aromatic carbocycles. The van der Waals surface area contributed by atoms with E-state index in [1.54, 1.807) is 14.2 Å². The van der Waals surface area contributed by atoms with E-state index in [2.05, 4.69) is 18.2 Å². The molecule has 0 saturated heterocycles. The van der Waals surface area contributed by atoms with Crippen LogP contribution in [0.3, 0.4) is 0 Å². The third-order valence-corrected chi connectivity index (χ3v) is 4.59. The van der Waals surface area contributed by atoms with Crippen LogP contribution in [0.5, 0.6) is 5.75 Å². The average molecular weight is 258 g/mol. The molecule has 2 atom stereocenters. The number of carbonyl (C=O) groups excluding carboxylic acids is 1. The zero-order valence-corrected chi connectivity index (χ0v) is 11.3. The van der Waals surface area contributed by atoms with Crippen molar-refractivity contribution >= 4 is 5.78 Å². The van der Waals surface area contributed by atoms with Crippen molar-refractivity contribution in [2.24, 2.45) is 0 Å². The second-order valence-corrected chi connectivity index (χ2v) is 5.41. The van der Waals surface area contributed by atoms with E-state index in [9.17, 15) is 4.79 Å². The molecule has 0 N–H and O–H groups in total. The Labute approximate surface area is 113 Å². The zero-order chi connectivity index (χ0) is 13.5. The molecular formula is C16H18O3. The molecule has 19 heavy (non-hydrogen) atoms. The minimum absolute atomic E-state index is 0.149. The monoisotopic (exact) mass is 258 g/mol. The first kappa shape index (κ1) is 12.4. The third-order valence-electron chi connectivity index (χ3n) is 4.59. The SMILES string of the molecule is COc1ccc(C23C=CC(OC)(CC2)C(=O)C3)cc1. The maximum atomic E-state index is 12.3. The molecule has 0 amide bonds. The van der Waals surface area contributed by atoms with Crippen molar-refractivity contribution in [1.29, 1.82) is 0 Å². The predicted octanol–water partition coefficient (Wildman–Crippen LogP) is 2.64. The molecule has 2 bridgehead atoms. The highest BCUT2D eigenvalue weighted by Gasteiger charge is 2.51. The van der Waals surface area contributed by atoms with Gasteiger partial charge in [-0.05, 0) is 36.6 Å². The number of carbonyl (C=O) groups is 1.